The van der Waals surface area contributed by atoms with Gasteiger partial charge in [-0.15, -0.1) is 0 Å². The minimum atomic E-state index is -0.863. The van der Waals surface area contributed by atoms with Crippen LogP contribution in [-0.2, 0) is 4.79 Å². The average Bonchev–Trinajstić information content (AvgIpc) is 2.41. The highest BCUT2D eigenvalue weighted by Gasteiger charge is 2.35. The molecule has 0 saturated heterocycles. The van der Waals surface area contributed by atoms with Crippen molar-refractivity contribution in [1.82, 2.24) is 0 Å². The summed E-state index contributed by atoms with van der Waals surface area (Å²) in [6.45, 7) is 0.372. The molecule has 3 N–H and O–H groups in total. The first kappa shape index (κ1) is 15.4. The molecular formula is C14H17Cl2NO3. The lowest BCUT2D eigenvalue weighted by Gasteiger charge is -2.35. The van der Waals surface area contributed by atoms with Gasteiger partial charge in [0.05, 0.1) is 21.6 Å². The van der Waals surface area contributed by atoms with E-state index >= 15 is 0 Å². The number of benzene rings is 1. The number of hydrogen-bond acceptors (Lipinski definition) is 3. The number of aliphatic hydroxyl groups is 1. The van der Waals surface area contributed by atoms with Gasteiger partial charge in [-0.05, 0) is 43.9 Å². The molecule has 6 heteroatoms. The zero-order valence-corrected chi connectivity index (χ0v) is 12.4. The van der Waals surface area contributed by atoms with Gasteiger partial charge in [0.15, 0.2) is 0 Å². The van der Waals surface area contributed by atoms with Crippen LogP contribution < -0.4 is 5.32 Å². The second-order valence-corrected chi connectivity index (χ2v) is 6.13. The third kappa shape index (κ3) is 3.78. The first-order valence-electron chi connectivity index (χ1n) is 6.54. The predicted molar refractivity (Wildman–Crippen MR) is 79.5 cm³/mol. The summed E-state index contributed by atoms with van der Waals surface area (Å²) in [4.78, 5) is 10.9. The molecule has 0 spiro atoms. The summed E-state index contributed by atoms with van der Waals surface area (Å²) in [6, 6.07) is 5.19. The van der Waals surface area contributed by atoms with Crippen LogP contribution in [0, 0.1) is 5.92 Å². The fourth-order valence-electron chi connectivity index (χ4n) is 2.45. The van der Waals surface area contributed by atoms with E-state index in [-0.39, 0.29) is 5.92 Å². The Hall–Kier alpha value is -0.970. The fourth-order valence-corrected chi connectivity index (χ4v) is 2.75. The zero-order valence-electron chi connectivity index (χ0n) is 10.9. The third-order valence-electron chi connectivity index (χ3n) is 3.81. The minimum Gasteiger partial charge on any atom is -0.481 e. The van der Waals surface area contributed by atoms with Gasteiger partial charge in [0.2, 0.25) is 0 Å². The van der Waals surface area contributed by atoms with Crippen LogP contribution >= 0.6 is 23.2 Å². The molecule has 1 fully saturated rings. The fraction of sp³-hybridized carbons (Fsp3) is 0.500. The van der Waals surface area contributed by atoms with Crippen LogP contribution in [-0.4, -0.2) is 28.3 Å². The molecule has 1 saturated carbocycles. The number of rotatable bonds is 4. The number of aliphatic carboxylic acids is 1. The van der Waals surface area contributed by atoms with Gasteiger partial charge in [0.25, 0.3) is 0 Å². The van der Waals surface area contributed by atoms with Crippen LogP contribution in [0.15, 0.2) is 18.2 Å². The third-order valence-corrected chi connectivity index (χ3v) is 4.55. The topological polar surface area (TPSA) is 69.6 Å². The second-order valence-electron chi connectivity index (χ2n) is 5.32. The maximum absolute atomic E-state index is 10.9. The molecule has 1 aliphatic carbocycles. The smallest absolute Gasteiger partial charge is 0.306 e. The van der Waals surface area contributed by atoms with Crippen LogP contribution in [0.1, 0.15) is 25.7 Å². The molecule has 2 rings (SSSR count). The molecule has 0 radical (unpaired) electrons. The Morgan fingerprint density at radius 3 is 2.50 bits per heavy atom. The van der Waals surface area contributed by atoms with Gasteiger partial charge in [-0.3, -0.25) is 4.79 Å². The average molecular weight is 318 g/mol. The highest BCUT2D eigenvalue weighted by Crippen LogP contribution is 2.33. The maximum Gasteiger partial charge on any atom is 0.306 e. The lowest BCUT2D eigenvalue weighted by Crippen LogP contribution is -2.41. The minimum absolute atomic E-state index is 0.333. The van der Waals surface area contributed by atoms with E-state index in [1.54, 1.807) is 18.2 Å². The molecular weight excluding hydrogens is 301 g/mol. The van der Waals surface area contributed by atoms with Crippen molar-refractivity contribution in [1.29, 1.82) is 0 Å². The summed E-state index contributed by atoms with van der Waals surface area (Å²) in [5, 5.41) is 23.5. The Morgan fingerprint density at radius 1 is 1.30 bits per heavy atom. The number of halogens is 2. The zero-order chi connectivity index (χ0) is 14.8. The monoisotopic (exact) mass is 317 g/mol. The molecule has 0 amide bonds. The van der Waals surface area contributed by atoms with Gasteiger partial charge in [0, 0.05) is 12.2 Å². The molecule has 0 aliphatic heterocycles. The Labute approximate surface area is 127 Å². The number of hydrogen-bond donors (Lipinski definition) is 3. The van der Waals surface area contributed by atoms with Gasteiger partial charge in [-0.25, -0.2) is 0 Å². The Morgan fingerprint density at radius 2 is 1.95 bits per heavy atom. The molecule has 0 aromatic heterocycles. The van der Waals surface area contributed by atoms with Crippen molar-refractivity contribution in [3.63, 3.8) is 0 Å². The molecule has 1 aromatic rings. The van der Waals surface area contributed by atoms with E-state index < -0.39 is 11.6 Å². The lowest BCUT2D eigenvalue weighted by molar-refractivity contribution is -0.144. The summed E-state index contributed by atoms with van der Waals surface area (Å²) < 4.78 is 0. The summed E-state index contributed by atoms with van der Waals surface area (Å²) in [7, 11) is 0. The molecule has 0 unspecified atom stereocenters. The van der Waals surface area contributed by atoms with Gasteiger partial charge < -0.3 is 15.5 Å². The van der Waals surface area contributed by atoms with Crippen LogP contribution in [0.2, 0.25) is 10.0 Å². The number of carboxylic acids is 1. The van der Waals surface area contributed by atoms with E-state index in [2.05, 4.69) is 5.32 Å². The highest BCUT2D eigenvalue weighted by atomic mass is 35.5. The normalized spacial score (nSPS) is 26.2. The second kappa shape index (κ2) is 6.20. The number of anilines is 1. The SMILES string of the molecule is O=C(O)C1CCC(O)(CNc2ccc(Cl)c(Cl)c2)CC1. The van der Waals surface area contributed by atoms with Crippen molar-refractivity contribution in [3.8, 4) is 0 Å². The van der Waals surface area contributed by atoms with E-state index in [4.69, 9.17) is 28.3 Å². The van der Waals surface area contributed by atoms with Crippen LogP contribution in [0.25, 0.3) is 0 Å². The Kier molecular flexibility index (Phi) is 4.78. The first-order valence-corrected chi connectivity index (χ1v) is 7.29. The molecule has 1 aliphatic rings. The van der Waals surface area contributed by atoms with Crippen molar-refractivity contribution in [2.45, 2.75) is 31.3 Å². The van der Waals surface area contributed by atoms with Crippen molar-refractivity contribution >= 4 is 34.9 Å². The van der Waals surface area contributed by atoms with E-state index in [1.807, 2.05) is 0 Å². The summed E-state index contributed by atoms with van der Waals surface area (Å²) in [6.07, 6.45) is 1.99. The lowest BCUT2D eigenvalue weighted by atomic mass is 9.79. The molecule has 0 atom stereocenters. The molecule has 0 bridgehead atoms. The number of carboxylic acid groups (broad SMARTS) is 1. The summed E-state index contributed by atoms with van der Waals surface area (Å²) in [5.74, 6) is -1.11. The van der Waals surface area contributed by atoms with Crippen LogP contribution in [0.4, 0.5) is 5.69 Å². The predicted octanol–water partition coefficient (Wildman–Crippen LogP) is 3.41. The van der Waals surface area contributed by atoms with E-state index in [9.17, 15) is 9.90 Å². The van der Waals surface area contributed by atoms with E-state index in [0.717, 1.165) is 5.69 Å². The van der Waals surface area contributed by atoms with Gasteiger partial charge in [-0.2, -0.15) is 0 Å². The Balaban J connectivity index is 1.90. The first-order chi connectivity index (χ1) is 9.39. The quantitative estimate of drug-likeness (QED) is 0.796. The molecule has 0 heterocycles. The maximum atomic E-state index is 10.9. The van der Waals surface area contributed by atoms with Crippen LogP contribution in [0.5, 0.6) is 0 Å². The van der Waals surface area contributed by atoms with Gasteiger partial charge >= 0.3 is 5.97 Å². The van der Waals surface area contributed by atoms with Crippen molar-refractivity contribution in [2.75, 3.05) is 11.9 Å². The van der Waals surface area contributed by atoms with E-state index in [0.29, 0.717) is 42.3 Å². The molecule has 1 aromatic carbocycles. The van der Waals surface area contributed by atoms with E-state index in [1.165, 1.54) is 0 Å². The molecule has 110 valence electrons. The van der Waals surface area contributed by atoms with Crippen molar-refractivity contribution < 1.29 is 15.0 Å². The number of nitrogens with one attached hydrogen (secondary N) is 1. The standard InChI is InChI=1S/C14H17Cl2NO3/c15-11-2-1-10(7-12(11)16)17-8-14(20)5-3-9(4-6-14)13(18)19/h1-2,7,9,17,20H,3-6,8H2,(H,18,19). The van der Waals surface area contributed by atoms with Gasteiger partial charge in [0.1, 0.15) is 0 Å². The van der Waals surface area contributed by atoms with Crippen molar-refractivity contribution in [2.24, 2.45) is 5.92 Å². The summed E-state index contributed by atoms with van der Waals surface area (Å²) >= 11 is 11.8. The molecule has 20 heavy (non-hydrogen) atoms. The molecule has 4 nitrogen and oxygen atoms in total. The number of carbonyl (C=O) groups is 1. The largest absolute Gasteiger partial charge is 0.481 e. The highest BCUT2D eigenvalue weighted by molar-refractivity contribution is 6.42. The summed E-state index contributed by atoms with van der Waals surface area (Å²) in [5.41, 5.74) is -0.0777. The van der Waals surface area contributed by atoms with Gasteiger partial charge in [-0.1, -0.05) is 23.2 Å². The van der Waals surface area contributed by atoms with Crippen LogP contribution in [0.3, 0.4) is 0 Å². The Bertz CT molecular complexity index is 499. The van der Waals surface area contributed by atoms with Crippen molar-refractivity contribution in [3.05, 3.63) is 28.2 Å².